The minimum Gasteiger partial charge on any atom is -0.462 e. The van der Waals surface area contributed by atoms with E-state index in [1.54, 1.807) is 6.07 Å². The molecule has 7 atom stereocenters. The average Bonchev–Trinajstić information content (AvgIpc) is 4.11. The van der Waals surface area contributed by atoms with Crippen LogP contribution in [0.15, 0.2) is 48.5 Å². The predicted octanol–water partition coefficient (Wildman–Crippen LogP) is 8.47. The lowest BCUT2D eigenvalue weighted by Crippen LogP contribution is -2.60. The number of hydrogen-bond donors (Lipinski definition) is 8. The molecule has 1 fully saturated rings. The van der Waals surface area contributed by atoms with Crippen LogP contribution in [-0.4, -0.2) is 87.9 Å². The Morgan fingerprint density at radius 1 is 0.581 bits per heavy atom. The van der Waals surface area contributed by atoms with Gasteiger partial charge in [-0.1, -0.05) is 90.7 Å². The van der Waals surface area contributed by atoms with E-state index in [2.05, 4.69) is 48.9 Å². The molecule has 12 nitrogen and oxygen atoms in total. The van der Waals surface area contributed by atoms with Crippen LogP contribution in [0.25, 0.3) is 45.3 Å². The van der Waals surface area contributed by atoms with Crippen molar-refractivity contribution in [3.63, 3.8) is 0 Å². The lowest BCUT2D eigenvalue weighted by atomic mass is 9.98. The Bertz CT molecular complexity index is 2320. The molecule has 0 amide bonds. The lowest BCUT2D eigenvalue weighted by Gasteiger charge is -2.39. The van der Waals surface area contributed by atoms with Gasteiger partial charge in [-0.2, -0.15) is 0 Å². The van der Waals surface area contributed by atoms with Crippen LogP contribution in [0.1, 0.15) is 149 Å². The molecule has 0 aliphatic carbocycles. The molecular weight excluding hydrogens is 785 g/mol. The number of hydrogen-bond acceptors (Lipinski definition) is 10. The van der Waals surface area contributed by atoms with Crippen molar-refractivity contribution >= 4 is 34.2 Å². The van der Waals surface area contributed by atoms with Crippen molar-refractivity contribution in [1.29, 1.82) is 0 Å². The molecule has 3 aromatic heterocycles. The van der Waals surface area contributed by atoms with Gasteiger partial charge in [0, 0.05) is 33.2 Å². The summed E-state index contributed by atoms with van der Waals surface area (Å²) < 4.78 is 11.8. The summed E-state index contributed by atoms with van der Waals surface area (Å²) in [6.07, 6.45) is 9.47. The van der Waals surface area contributed by atoms with E-state index in [4.69, 9.17) is 19.4 Å². The number of aliphatic hydroxyl groups excluding tert-OH is 6. The quantitative estimate of drug-likeness (QED) is 0.0373. The van der Waals surface area contributed by atoms with E-state index in [9.17, 15) is 30.6 Å². The third kappa shape index (κ3) is 10.0. The van der Waals surface area contributed by atoms with Crippen molar-refractivity contribution in [3.05, 3.63) is 88.0 Å². The number of nitrogens with one attached hydrogen (secondary N) is 2. The zero-order chi connectivity index (χ0) is 43.8. The molecule has 62 heavy (non-hydrogen) atoms. The molecule has 1 saturated heterocycles. The number of aryl methyl sites for hydroxylation is 3. The SMILES string of the molecule is CCCCCCc1c2nc(c(-c3cccc(OC4OC(CO)C(O)C(O)C4O)c3)c3ccc([nH]3)c(CCCCCC)c3nc(c(CCCCCC)c4ccc1[nH]4)[C@H](O)[C@@H]3O)C=C2. The number of nitrogens with zero attached hydrogens (tertiary/aromatic N) is 2. The van der Waals surface area contributed by atoms with Crippen LogP contribution in [0.5, 0.6) is 5.75 Å². The van der Waals surface area contributed by atoms with E-state index in [0.29, 0.717) is 23.6 Å². The Kier molecular flexibility index (Phi) is 15.7. The first-order valence-electron chi connectivity index (χ1n) is 23.1. The van der Waals surface area contributed by atoms with Crippen molar-refractivity contribution in [3.8, 4) is 16.9 Å². The van der Waals surface area contributed by atoms with E-state index >= 15 is 0 Å². The van der Waals surface area contributed by atoms with Gasteiger partial charge in [-0.3, -0.25) is 4.98 Å². The Morgan fingerprint density at radius 2 is 1.11 bits per heavy atom. The molecule has 12 heteroatoms. The molecule has 6 heterocycles. The number of H-pyrrole nitrogens is 2. The number of ether oxygens (including phenoxy) is 2. The highest BCUT2D eigenvalue weighted by Crippen LogP contribution is 2.40. The maximum absolute atomic E-state index is 11.9. The number of rotatable bonds is 19. The average molecular weight is 851 g/mol. The van der Waals surface area contributed by atoms with Gasteiger partial charge in [0.1, 0.15) is 42.4 Å². The van der Waals surface area contributed by atoms with E-state index in [-0.39, 0.29) is 0 Å². The zero-order valence-corrected chi connectivity index (χ0v) is 36.5. The van der Waals surface area contributed by atoms with Crippen LogP contribution in [0.2, 0.25) is 0 Å². The molecule has 0 radical (unpaired) electrons. The fraction of sp³-hybridized carbons (Fsp3) is 0.520. The Labute approximate surface area is 364 Å². The molecular formula is C50H66N4O8. The maximum Gasteiger partial charge on any atom is 0.229 e. The molecule has 8 N–H and O–H groups in total. The van der Waals surface area contributed by atoms with Gasteiger partial charge in [-0.25, -0.2) is 4.98 Å². The molecule has 0 saturated carbocycles. The molecule has 7 rings (SSSR count). The smallest absolute Gasteiger partial charge is 0.229 e. The second kappa shape index (κ2) is 21.3. The summed E-state index contributed by atoms with van der Waals surface area (Å²) in [6.45, 7) is 6.02. The van der Waals surface area contributed by atoms with Gasteiger partial charge < -0.3 is 50.1 Å². The zero-order valence-electron chi connectivity index (χ0n) is 36.5. The number of unbranched alkanes of at least 4 members (excludes halogenated alkanes) is 9. The van der Waals surface area contributed by atoms with E-state index in [1.807, 2.05) is 36.4 Å². The fourth-order valence-electron chi connectivity index (χ4n) is 9.04. The number of fused-ring (bicyclic) bond motifs is 8. The fourth-order valence-corrected chi connectivity index (χ4v) is 9.04. The second-order valence-corrected chi connectivity index (χ2v) is 17.1. The molecule has 1 aromatic carbocycles. The largest absolute Gasteiger partial charge is 0.462 e. The van der Waals surface area contributed by atoms with Crippen molar-refractivity contribution in [2.45, 2.75) is 160 Å². The second-order valence-electron chi connectivity index (χ2n) is 17.1. The third-order valence-electron chi connectivity index (χ3n) is 12.6. The van der Waals surface area contributed by atoms with Gasteiger partial charge in [-0.15, -0.1) is 0 Å². The van der Waals surface area contributed by atoms with Crippen LogP contribution in [0.4, 0.5) is 0 Å². The first-order chi connectivity index (χ1) is 30.2. The van der Waals surface area contributed by atoms with Crippen molar-refractivity contribution in [1.82, 2.24) is 19.9 Å². The van der Waals surface area contributed by atoms with Gasteiger partial charge in [-0.05, 0) is 104 Å². The Hall–Kier alpha value is -4.40. The summed E-state index contributed by atoms with van der Waals surface area (Å²) in [5.41, 5.74) is 10.4. The molecule has 334 valence electrons. The molecule has 5 unspecified atom stereocenters. The van der Waals surface area contributed by atoms with Crippen LogP contribution in [0.3, 0.4) is 0 Å². The third-order valence-corrected chi connectivity index (χ3v) is 12.6. The van der Waals surface area contributed by atoms with Crippen LogP contribution in [-0.2, 0) is 24.0 Å². The summed E-state index contributed by atoms with van der Waals surface area (Å²) >= 11 is 0. The minimum absolute atomic E-state index is 0.331. The number of aromatic nitrogens is 4. The highest BCUT2D eigenvalue weighted by molar-refractivity contribution is 5.92. The van der Waals surface area contributed by atoms with Crippen LogP contribution in [0, 0.1) is 0 Å². The molecule has 3 aliphatic rings. The first kappa shape index (κ1) is 45.6. The maximum atomic E-state index is 11.9. The normalized spacial score (nSPS) is 22.4. The van der Waals surface area contributed by atoms with Crippen LogP contribution >= 0.6 is 0 Å². The van der Waals surface area contributed by atoms with Gasteiger partial charge in [0.15, 0.2) is 0 Å². The topological polar surface area (TPSA) is 197 Å². The predicted molar refractivity (Wildman–Crippen MR) is 243 cm³/mol. The molecule has 4 aromatic rings. The summed E-state index contributed by atoms with van der Waals surface area (Å²) in [5, 5.41) is 65.2. The summed E-state index contributed by atoms with van der Waals surface area (Å²) in [6, 6.07) is 15.5. The van der Waals surface area contributed by atoms with E-state index in [1.165, 1.54) is 0 Å². The van der Waals surface area contributed by atoms with Crippen molar-refractivity contribution < 1.29 is 40.1 Å². The van der Waals surface area contributed by atoms with Crippen molar-refractivity contribution in [2.75, 3.05) is 6.61 Å². The summed E-state index contributed by atoms with van der Waals surface area (Å²) in [4.78, 5) is 18.0. The van der Waals surface area contributed by atoms with E-state index in [0.717, 1.165) is 151 Å². The number of aliphatic hydroxyl groups is 6. The lowest BCUT2D eigenvalue weighted by molar-refractivity contribution is -0.277. The summed E-state index contributed by atoms with van der Waals surface area (Å²) in [5.74, 6) is 0.331. The molecule has 8 bridgehead atoms. The van der Waals surface area contributed by atoms with Crippen molar-refractivity contribution in [2.24, 2.45) is 0 Å². The molecule has 0 spiro atoms. The van der Waals surface area contributed by atoms with Gasteiger partial charge in [0.2, 0.25) is 6.29 Å². The van der Waals surface area contributed by atoms with Gasteiger partial charge in [0.25, 0.3) is 0 Å². The standard InChI is InChI=1S/C50H66N4O8/c1-4-7-10-13-19-32-35-22-23-37(51-35)33(20-14-11-8-5-2)43-46(57)47(58)44(54-43)34(21-15-12-9-6-3)38-25-27-40(53-38)42(39-26-24-36(32)52-39)30-17-16-18-31(28-30)61-50-49(60)48(59)45(56)41(29-55)62-50/h16-18,22-28,41,45-51,53,55-60H,4-15,19-21,29H2,1-3H3/t41?,45?,46-,47+,48?,49?,50?/m0/s1. The van der Waals surface area contributed by atoms with Crippen LogP contribution < -0.4 is 4.74 Å². The van der Waals surface area contributed by atoms with E-state index < -0.39 is 49.5 Å². The first-order valence-corrected chi connectivity index (χ1v) is 23.1. The molecule has 3 aliphatic heterocycles. The summed E-state index contributed by atoms with van der Waals surface area (Å²) in [7, 11) is 0. The number of benzene rings is 1. The Morgan fingerprint density at radius 3 is 1.69 bits per heavy atom. The van der Waals surface area contributed by atoms with Gasteiger partial charge >= 0.3 is 0 Å². The Balaban J connectivity index is 1.47. The minimum atomic E-state index is -1.58. The number of aromatic amines is 2. The highest BCUT2D eigenvalue weighted by Gasteiger charge is 2.44. The highest BCUT2D eigenvalue weighted by atomic mass is 16.7. The van der Waals surface area contributed by atoms with Gasteiger partial charge in [0.05, 0.1) is 29.4 Å². The monoisotopic (exact) mass is 850 g/mol.